The number of hydrogen-bond donors (Lipinski definition) is 1. The monoisotopic (exact) mass is 280 g/mol. The van der Waals surface area contributed by atoms with Gasteiger partial charge in [0.2, 0.25) is 0 Å². The second-order valence-electron chi connectivity index (χ2n) is 5.83. The minimum atomic E-state index is 0.0414. The van der Waals surface area contributed by atoms with Crippen molar-refractivity contribution >= 4 is 11.6 Å². The molecule has 2 N–H and O–H groups in total. The molecule has 1 aromatic carbocycles. The van der Waals surface area contributed by atoms with E-state index in [2.05, 4.69) is 11.9 Å². The molecule has 1 fully saturated rings. The molecule has 0 heterocycles. The van der Waals surface area contributed by atoms with Gasteiger partial charge in [0.15, 0.2) is 0 Å². The highest BCUT2D eigenvalue weighted by molar-refractivity contribution is 6.31. The lowest BCUT2D eigenvalue weighted by Crippen LogP contribution is -2.28. The summed E-state index contributed by atoms with van der Waals surface area (Å²) in [7, 11) is 2.21. The van der Waals surface area contributed by atoms with E-state index < -0.39 is 0 Å². The molecule has 0 spiro atoms. The van der Waals surface area contributed by atoms with Gasteiger partial charge in [0.25, 0.3) is 0 Å². The highest BCUT2D eigenvalue weighted by Gasteiger charge is 2.17. The highest BCUT2D eigenvalue weighted by Crippen LogP contribution is 2.26. The Morgan fingerprint density at radius 2 is 2.00 bits per heavy atom. The quantitative estimate of drug-likeness (QED) is 0.858. The van der Waals surface area contributed by atoms with Crippen LogP contribution in [0.15, 0.2) is 24.3 Å². The van der Waals surface area contributed by atoms with Gasteiger partial charge in [-0.15, -0.1) is 0 Å². The molecule has 0 radical (unpaired) electrons. The van der Waals surface area contributed by atoms with E-state index in [1.165, 1.54) is 32.2 Å². The molecule has 0 amide bonds. The molecule has 1 aliphatic rings. The van der Waals surface area contributed by atoms with Crippen LogP contribution in [-0.2, 0) is 0 Å². The summed E-state index contributed by atoms with van der Waals surface area (Å²) in [5.74, 6) is 0.904. The van der Waals surface area contributed by atoms with Crippen LogP contribution in [0, 0.1) is 5.92 Å². The molecular formula is C16H25ClN2. The summed E-state index contributed by atoms with van der Waals surface area (Å²) in [4.78, 5) is 2.42. The average Bonchev–Trinajstić information content (AvgIpc) is 2.89. The van der Waals surface area contributed by atoms with E-state index in [-0.39, 0.29) is 6.04 Å². The maximum Gasteiger partial charge on any atom is 0.0453 e. The topological polar surface area (TPSA) is 29.3 Å². The molecule has 19 heavy (non-hydrogen) atoms. The molecule has 1 saturated carbocycles. The first-order chi connectivity index (χ1) is 9.16. The van der Waals surface area contributed by atoms with Crippen LogP contribution in [0.3, 0.4) is 0 Å². The van der Waals surface area contributed by atoms with Crippen LogP contribution in [0.5, 0.6) is 0 Å². The van der Waals surface area contributed by atoms with Crippen molar-refractivity contribution in [1.82, 2.24) is 4.90 Å². The van der Waals surface area contributed by atoms with Crippen molar-refractivity contribution in [3.05, 3.63) is 34.9 Å². The summed E-state index contributed by atoms with van der Waals surface area (Å²) < 4.78 is 0. The van der Waals surface area contributed by atoms with Gasteiger partial charge in [-0.25, -0.2) is 0 Å². The van der Waals surface area contributed by atoms with Gasteiger partial charge in [-0.3, -0.25) is 0 Å². The molecule has 1 unspecified atom stereocenters. The zero-order chi connectivity index (χ0) is 13.7. The van der Waals surface area contributed by atoms with Gasteiger partial charge in [-0.1, -0.05) is 42.6 Å². The Morgan fingerprint density at radius 3 is 2.68 bits per heavy atom. The maximum absolute atomic E-state index is 6.24. The van der Waals surface area contributed by atoms with Crippen molar-refractivity contribution < 1.29 is 0 Å². The molecule has 2 nitrogen and oxygen atoms in total. The Bertz CT molecular complexity index is 388. The first kappa shape index (κ1) is 14.8. The van der Waals surface area contributed by atoms with Crippen molar-refractivity contribution in [2.45, 2.75) is 38.1 Å². The van der Waals surface area contributed by atoms with Crippen LogP contribution in [0.1, 0.15) is 43.7 Å². The van der Waals surface area contributed by atoms with E-state index >= 15 is 0 Å². The summed E-state index contributed by atoms with van der Waals surface area (Å²) in [6, 6.07) is 7.94. The molecule has 1 atom stereocenters. The van der Waals surface area contributed by atoms with Crippen LogP contribution in [0.25, 0.3) is 0 Å². The Morgan fingerprint density at radius 1 is 1.32 bits per heavy atom. The zero-order valence-corrected chi connectivity index (χ0v) is 12.6. The normalized spacial score (nSPS) is 18.1. The minimum absolute atomic E-state index is 0.0414. The van der Waals surface area contributed by atoms with E-state index in [0.717, 1.165) is 29.5 Å². The van der Waals surface area contributed by atoms with Gasteiger partial charge in [0.05, 0.1) is 0 Å². The summed E-state index contributed by atoms with van der Waals surface area (Å²) in [5, 5.41) is 0.786. The first-order valence-electron chi connectivity index (χ1n) is 7.35. The van der Waals surface area contributed by atoms with E-state index in [1.54, 1.807) is 0 Å². The molecule has 0 aromatic heterocycles. The standard InChI is InChI=1S/C16H25ClN2/c1-19(12-13-6-2-3-7-13)11-10-16(18)14-8-4-5-9-15(14)17/h4-5,8-9,13,16H,2-3,6-7,10-12,18H2,1H3. The molecule has 1 aromatic rings. The Kier molecular flexibility index (Phi) is 5.68. The molecule has 0 saturated heterocycles. The van der Waals surface area contributed by atoms with E-state index in [9.17, 15) is 0 Å². The van der Waals surface area contributed by atoms with Crippen LogP contribution in [0.4, 0.5) is 0 Å². The van der Waals surface area contributed by atoms with Gasteiger partial charge >= 0.3 is 0 Å². The number of halogens is 1. The fourth-order valence-electron chi connectivity index (χ4n) is 3.02. The lowest BCUT2D eigenvalue weighted by atomic mass is 10.0. The van der Waals surface area contributed by atoms with Crippen molar-refractivity contribution in [3.8, 4) is 0 Å². The van der Waals surface area contributed by atoms with E-state index in [0.29, 0.717) is 0 Å². The Labute approximate surface area is 121 Å². The lowest BCUT2D eigenvalue weighted by Gasteiger charge is -2.22. The van der Waals surface area contributed by atoms with Gasteiger partial charge in [-0.05, 0) is 50.4 Å². The molecule has 1 aliphatic carbocycles. The number of benzene rings is 1. The van der Waals surface area contributed by atoms with E-state index in [1.807, 2.05) is 24.3 Å². The number of rotatable bonds is 6. The van der Waals surface area contributed by atoms with Crippen molar-refractivity contribution in [2.75, 3.05) is 20.1 Å². The van der Waals surface area contributed by atoms with Crippen LogP contribution in [0.2, 0.25) is 5.02 Å². The molecule has 0 aliphatic heterocycles. The predicted molar refractivity (Wildman–Crippen MR) is 82.5 cm³/mol. The van der Waals surface area contributed by atoms with Crippen LogP contribution < -0.4 is 5.73 Å². The summed E-state index contributed by atoms with van der Waals surface area (Å²) in [5.41, 5.74) is 7.31. The second kappa shape index (κ2) is 7.28. The van der Waals surface area contributed by atoms with Gasteiger partial charge < -0.3 is 10.6 Å². The highest BCUT2D eigenvalue weighted by atomic mass is 35.5. The van der Waals surface area contributed by atoms with Crippen LogP contribution in [-0.4, -0.2) is 25.0 Å². The van der Waals surface area contributed by atoms with Gasteiger partial charge in [0.1, 0.15) is 0 Å². The lowest BCUT2D eigenvalue weighted by molar-refractivity contribution is 0.268. The SMILES string of the molecule is CN(CCC(N)c1ccccc1Cl)CC1CCCC1. The third kappa shape index (κ3) is 4.48. The predicted octanol–water partition coefficient (Wildman–Crippen LogP) is 3.85. The molecule has 106 valence electrons. The minimum Gasteiger partial charge on any atom is -0.324 e. The van der Waals surface area contributed by atoms with E-state index in [4.69, 9.17) is 17.3 Å². The molecule has 0 bridgehead atoms. The third-order valence-corrected chi connectivity index (χ3v) is 4.52. The average molecular weight is 281 g/mol. The van der Waals surface area contributed by atoms with Gasteiger partial charge in [0, 0.05) is 17.6 Å². The van der Waals surface area contributed by atoms with Gasteiger partial charge in [-0.2, -0.15) is 0 Å². The Hall–Kier alpha value is -0.570. The zero-order valence-electron chi connectivity index (χ0n) is 11.8. The molecule has 3 heteroatoms. The number of nitrogens with two attached hydrogens (primary N) is 1. The fraction of sp³-hybridized carbons (Fsp3) is 0.625. The maximum atomic E-state index is 6.24. The second-order valence-corrected chi connectivity index (χ2v) is 6.24. The van der Waals surface area contributed by atoms with Crippen molar-refractivity contribution in [3.63, 3.8) is 0 Å². The van der Waals surface area contributed by atoms with Crippen molar-refractivity contribution in [2.24, 2.45) is 11.7 Å². The third-order valence-electron chi connectivity index (χ3n) is 4.17. The summed E-state index contributed by atoms with van der Waals surface area (Å²) >= 11 is 6.18. The van der Waals surface area contributed by atoms with Crippen LogP contribution >= 0.6 is 11.6 Å². The molecular weight excluding hydrogens is 256 g/mol. The summed E-state index contributed by atoms with van der Waals surface area (Å²) in [6.07, 6.45) is 6.60. The first-order valence-corrected chi connectivity index (χ1v) is 7.73. The number of hydrogen-bond acceptors (Lipinski definition) is 2. The Balaban J connectivity index is 1.76. The smallest absolute Gasteiger partial charge is 0.0453 e. The fourth-order valence-corrected chi connectivity index (χ4v) is 3.29. The molecule has 2 rings (SSSR count). The summed E-state index contributed by atoms with van der Waals surface area (Å²) in [6.45, 7) is 2.26. The largest absolute Gasteiger partial charge is 0.324 e. The number of nitrogens with zero attached hydrogens (tertiary/aromatic N) is 1. The van der Waals surface area contributed by atoms with Crippen molar-refractivity contribution in [1.29, 1.82) is 0 Å².